The number of nitrogens with two attached hydrogens (primary N) is 1. The zero-order valence-electron chi connectivity index (χ0n) is 11.2. The van der Waals surface area contributed by atoms with Gasteiger partial charge < -0.3 is 20.8 Å². The Morgan fingerprint density at radius 3 is 2.60 bits per heavy atom. The van der Waals surface area contributed by atoms with Gasteiger partial charge in [-0.3, -0.25) is 4.79 Å². The van der Waals surface area contributed by atoms with E-state index in [1.165, 1.54) is 12.1 Å². The molecule has 1 aliphatic rings. The molecule has 1 aromatic carbocycles. The topological polar surface area (TPSA) is 86.8 Å². The largest absolute Gasteiger partial charge is 0.481 e. The minimum Gasteiger partial charge on any atom is -0.481 e. The van der Waals surface area contributed by atoms with E-state index in [2.05, 4.69) is 0 Å². The van der Waals surface area contributed by atoms with Crippen LogP contribution in [-0.4, -0.2) is 34.9 Å². The van der Waals surface area contributed by atoms with Crippen LogP contribution >= 0.6 is 0 Å². The van der Waals surface area contributed by atoms with Gasteiger partial charge in [0, 0.05) is 25.2 Å². The van der Waals surface area contributed by atoms with Crippen LogP contribution < -0.4 is 10.6 Å². The van der Waals surface area contributed by atoms with Crippen LogP contribution in [0.2, 0.25) is 0 Å². The van der Waals surface area contributed by atoms with Crippen molar-refractivity contribution in [2.24, 2.45) is 0 Å². The molecule has 0 radical (unpaired) electrons. The summed E-state index contributed by atoms with van der Waals surface area (Å²) in [5.41, 5.74) is 5.36. The van der Waals surface area contributed by atoms with Gasteiger partial charge in [0.25, 0.3) is 0 Å². The van der Waals surface area contributed by atoms with Crippen molar-refractivity contribution in [3.63, 3.8) is 0 Å². The SMILES string of the molecule is Nc1ccc(N2CCC(O)(CCC(=O)O)CC2)cc1F. The van der Waals surface area contributed by atoms with Crippen molar-refractivity contribution in [2.75, 3.05) is 23.7 Å². The number of piperidine rings is 1. The van der Waals surface area contributed by atoms with Gasteiger partial charge >= 0.3 is 5.97 Å². The molecular formula is C14H19FN2O3. The first-order chi connectivity index (χ1) is 9.39. The fourth-order valence-corrected chi connectivity index (χ4v) is 2.48. The third-order valence-corrected chi connectivity index (χ3v) is 3.85. The van der Waals surface area contributed by atoms with Gasteiger partial charge in [0.1, 0.15) is 5.82 Å². The first-order valence-corrected chi connectivity index (χ1v) is 6.64. The molecule has 2 rings (SSSR count). The van der Waals surface area contributed by atoms with Gasteiger partial charge in [0.15, 0.2) is 0 Å². The number of carboxylic acids is 1. The zero-order valence-corrected chi connectivity index (χ0v) is 11.2. The molecule has 1 aromatic rings. The normalized spacial score (nSPS) is 18.0. The van der Waals surface area contributed by atoms with E-state index in [-0.39, 0.29) is 18.5 Å². The van der Waals surface area contributed by atoms with E-state index in [1.807, 2.05) is 4.90 Å². The fraction of sp³-hybridized carbons (Fsp3) is 0.500. The first kappa shape index (κ1) is 14.6. The van der Waals surface area contributed by atoms with E-state index >= 15 is 0 Å². The van der Waals surface area contributed by atoms with E-state index in [0.717, 1.165) is 5.69 Å². The lowest BCUT2D eigenvalue weighted by molar-refractivity contribution is -0.138. The fourth-order valence-electron chi connectivity index (χ4n) is 2.48. The van der Waals surface area contributed by atoms with E-state index in [0.29, 0.717) is 25.9 Å². The van der Waals surface area contributed by atoms with Gasteiger partial charge in [-0.2, -0.15) is 0 Å². The number of halogens is 1. The number of aliphatic hydroxyl groups is 1. The van der Waals surface area contributed by atoms with Crippen molar-refractivity contribution in [2.45, 2.75) is 31.3 Å². The zero-order chi connectivity index (χ0) is 14.8. The average molecular weight is 282 g/mol. The number of carbonyl (C=O) groups is 1. The molecule has 20 heavy (non-hydrogen) atoms. The van der Waals surface area contributed by atoms with Gasteiger partial charge in [-0.1, -0.05) is 0 Å². The Labute approximate surface area is 116 Å². The van der Waals surface area contributed by atoms with Gasteiger partial charge in [-0.25, -0.2) is 4.39 Å². The van der Waals surface area contributed by atoms with Gasteiger partial charge in [0.05, 0.1) is 11.3 Å². The molecule has 4 N–H and O–H groups in total. The second kappa shape index (κ2) is 5.66. The monoisotopic (exact) mass is 282 g/mol. The minimum atomic E-state index is -0.929. The number of rotatable bonds is 4. The van der Waals surface area contributed by atoms with Crippen LogP contribution in [0.4, 0.5) is 15.8 Å². The third-order valence-electron chi connectivity index (χ3n) is 3.85. The summed E-state index contributed by atoms with van der Waals surface area (Å²) in [6, 6.07) is 4.66. The molecule has 1 fully saturated rings. The van der Waals surface area contributed by atoms with Gasteiger partial charge in [0.2, 0.25) is 0 Å². The highest BCUT2D eigenvalue weighted by Crippen LogP contribution is 2.30. The Morgan fingerprint density at radius 1 is 1.40 bits per heavy atom. The highest BCUT2D eigenvalue weighted by atomic mass is 19.1. The highest BCUT2D eigenvalue weighted by Gasteiger charge is 2.32. The molecule has 0 unspecified atom stereocenters. The first-order valence-electron chi connectivity index (χ1n) is 6.64. The summed E-state index contributed by atoms with van der Waals surface area (Å²) in [6.07, 6.45) is 1.18. The Balaban J connectivity index is 1.96. The molecule has 0 atom stereocenters. The Hall–Kier alpha value is -1.82. The lowest BCUT2D eigenvalue weighted by atomic mass is 9.87. The van der Waals surface area contributed by atoms with Crippen LogP contribution in [0, 0.1) is 5.82 Å². The maximum atomic E-state index is 13.4. The number of nitrogens with zero attached hydrogens (tertiary/aromatic N) is 1. The molecule has 1 heterocycles. The van der Waals surface area contributed by atoms with Crippen molar-refractivity contribution < 1.29 is 19.4 Å². The predicted octanol–water partition coefficient (Wildman–Crippen LogP) is 1.60. The van der Waals surface area contributed by atoms with E-state index in [1.54, 1.807) is 6.07 Å². The molecular weight excluding hydrogens is 263 g/mol. The standard InChI is InChI=1S/C14H19FN2O3/c15-11-9-10(1-2-12(11)16)17-7-5-14(20,6-8-17)4-3-13(18)19/h1-2,9,20H,3-8,16H2,(H,18,19). The Morgan fingerprint density at radius 2 is 2.05 bits per heavy atom. The number of anilines is 2. The molecule has 1 saturated heterocycles. The van der Waals surface area contributed by atoms with Crippen LogP contribution in [0.25, 0.3) is 0 Å². The molecule has 0 aromatic heterocycles. The minimum absolute atomic E-state index is 0.0347. The Bertz CT molecular complexity index is 499. The molecule has 6 heteroatoms. The van der Waals surface area contributed by atoms with Crippen molar-refractivity contribution in [1.29, 1.82) is 0 Å². The molecule has 0 bridgehead atoms. The highest BCUT2D eigenvalue weighted by molar-refractivity contribution is 5.66. The number of carboxylic acid groups (broad SMARTS) is 1. The number of hydrogen-bond acceptors (Lipinski definition) is 4. The molecule has 1 aliphatic heterocycles. The number of nitrogen functional groups attached to an aromatic ring is 1. The van der Waals surface area contributed by atoms with Crippen molar-refractivity contribution in [1.82, 2.24) is 0 Å². The molecule has 5 nitrogen and oxygen atoms in total. The van der Waals surface area contributed by atoms with E-state index in [9.17, 15) is 14.3 Å². The summed E-state index contributed by atoms with van der Waals surface area (Å²) in [7, 11) is 0. The second-order valence-electron chi connectivity index (χ2n) is 5.31. The molecule has 0 amide bonds. The molecule has 0 saturated carbocycles. The van der Waals surface area contributed by atoms with Crippen LogP contribution in [0.15, 0.2) is 18.2 Å². The molecule has 0 spiro atoms. The third kappa shape index (κ3) is 3.39. The van der Waals surface area contributed by atoms with Gasteiger partial charge in [-0.05, 0) is 37.5 Å². The summed E-state index contributed by atoms with van der Waals surface area (Å²) in [6.45, 7) is 1.14. The maximum Gasteiger partial charge on any atom is 0.303 e. The summed E-state index contributed by atoms with van der Waals surface area (Å²) in [5, 5.41) is 19.0. The summed E-state index contributed by atoms with van der Waals surface area (Å²) in [4.78, 5) is 12.5. The van der Waals surface area contributed by atoms with Crippen LogP contribution in [0.3, 0.4) is 0 Å². The van der Waals surface area contributed by atoms with Crippen LogP contribution in [0.5, 0.6) is 0 Å². The number of benzene rings is 1. The van der Waals surface area contributed by atoms with Crippen molar-refractivity contribution in [3.05, 3.63) is 24.0 Å². The quantitative estimate of drug-likeness (QED) is 0.730. The van der Waals surface area contributed by atoms with E-state index < -0.39 is 17.4 Å². The van der Waals surface area contributed by atoms with E-state index in [4.69, 9.17) is 10.8 Å². The maximum absolute atomic E-state index is 13.4. The van der Waals surface area contributed by atoms with Crippen molar-refractivity contribution >= 4 is 17.3 Å². The number of aliphatic carboxylic acids is 1. The smallest absolute Gasteiger partial charge is 0.303 e. The summed E-state index contributed by atoms with van der Waals surface area (Å²) in [5.74, 6) is -1.35. The molecule has 110 valence electrons. The predicted molar refractivity (Wildman–Crippen MR) is 74.1 cm³/mol. The van der Waals surface area contributed by atoms with Crippen molar-refractivity contribution in [3.8, 4) is 0 Å². The summed E-state index contributed by atoms with van der Waals surface area (Å²) < 4.78 is 13.4. The van der Waals surface area contributed by atoms with Crippen LogP contribution in [-0.2, 0) is 4.79 Å². The molecule has 0 aliphatic carbocycles. The lowest BCUT2D eigenvalue weighted by Crippen LogP contribution is -2.44. The average Bonchev–Trinajstić information content (AvgIpc) is 2.41. The summed E-state index contributed by atoms with van der Waals surface area (Å²) >= 11 is 0. The lowest BCUT2D eigenvalue weighted by Gasteiger charge is -2.39. The van der Waals surface area contributed by atoms with Crippen LogP contribution in [0.1, 0.15) is 25.7 Å². The second-order valence-corrected chi connectivity index (χ2v) is 5.31. The van der Waals surface area contributed by atoms with Gasteiger partial charge in [-0.15, -0.1) is 0 Å². The Kier molecular flexibility index (Phi) is 4.13. The number of hydrogen-bond donors (Lipinski definition) is 3.